The van der Waals surface area contributed by atoms with E-state index in [0.717, 1.165) is 16.8 Å². The van der Waals surface area contributed by atoms with E-state index >= 15 is 0 Å². The Morgan fingerprint density at radius 2 is 1.83 bits per heavy atom. The average molecular weight is 496 g/mol. The summed E-state index contributed by atoms with van der Waals surface area (Å²) in [4.78, 5) is 51.3. The van der Waals surface area contributed by atoms with Gasteiger partial charge in [-0.25, -0.2) is 18.2 Å². The van der Waals surface area contributed by atoms with Crippen LogP contribution in [0, 0.1) is 5.92 Å². The van der Waals surface area contributed by atoms with Crippen molar-refractivity contribution in [1.29, 1.82) is 0 Å². The highest BCUT2D eigenvalue weighted by Crippen LogP contribution is 2.66. The monoisotopic (exact) mass is 496 g/mol. The lowest BCUT2D eigenvalue weighted by Gasteiger charge is -2.21. The molecule has 0 radical (unpaired) electrons. The lowest BCUT2D eigenvalue weighted by Crippen LogP contribution is -2.36. The Morgan fingerprint density at radius 1 is 1.20 bits per heavy atom. The summed E-state index contributed by atoms with van der Waals surface area (Å²) < 4.78 is 53.1. The van der Waals surface area contributed by atoms with Gasteiger partial charge in [-0.2, -0.15) is 4.31 Å². The SMILES string of the molecule is CP(=O)(OC[C@H]1O[C@@H](n2ccc(=O)[nH]c2=O)[C@H](O)[C@@H]1CO)OP(=O)(O)OP(=O)(O)O. The van der Waals surface area contributed by atoms with Crippen LogP contribution in [-0.2, 0) is 31.6 Å². The van der Waals surface area contributed by atoms with Crippen LogP contribution < -0.4 is 11.2 Å². The molecule has 1 saturated heterocycles. The van der Waals surface area contributed by atoms with E-state index in [1.165, 1.54) is 0 Å². The maximum absolute atomic E-state index is 12.2. The normalized spacial score (nSPS) is 28.7. The Morgan fingerprint density at radius 3 is 2.37 bits per heavy atom. The first-order valence-corrected chi connectivity index (χ1v) is 12.9. The van der Waals surface area contributed by atoms with Crippen molar-refractivity contribution < 1.29 is 56.5 Å². The zero-order chi connectivity index (χ0) is 22.9. The van der Waals surface area contributed by atoms with Crippen LogP contribution in [0.2, 0.25) is 0 Å². The third kappa shape index (κ3) is 6.76. The first-order chi connectivity index (χ1) is 13.6. The molecular weight excluding hydrogens is 477 g/mol. The first-order valence-electron chi connectivity index (χ1n) is 7.93. The van der Waals surface area contributed by atoms with Crippen molar-refractivity contribution in [3.8, 4) is 0 Å². The third-order valence-corrected chi connectivity index (χ3v) is 8.10. The number of H-pyrrole nitrogens is 1. The number of hydrogen-bond acceptors (Lipinski definition) is 11. The van der Waals surface area contributed by atoms with Crippen LogP contribution in [0.1, 0.15) is 6.23 Å². The highest BCUT2D eigenvalue weighted by molar-refractivity contribution is 7.68. The van der Waals surface area contributed by atoms with Crippen LogP contribution in [0.4, 0.5) is 0 Å². The lowest BCUT2D eigenvalue weighted by molar-refractivity contribution is -0.0515. The van der Waals surface area contributed by atoms with E-state index in [1.807, 2.05) is 4.98 Å². The van der Waals surface area contributed by atoms with Crippen LogP contribution in [0.25, 0.3) is 0 Å². The van der Waals surface area contributed by atoms with Crippen molar-refractivity contribution in [2.45, 2.75) is 18.4 Å². The minimum Gasteiger partial charge on any atom is -0.396 e. The zero-order valence-electron chi connectivity index (χ0n) is 15.1. The van der Waals surface area contributed by atoms with Crippen molar-refractivity contribution in [2.24, 2.45) is 5.92 Å². The van der Waals surface area contributed by atoms with Gasteiger partial charge in [0.2, 0.25) is 0 Å². The van der Waals surface area contributed by atoms with Crippen molar-refractivity contribution in [2.75, 3.05) is 19.9 Å². The van der Waals surface area contributed by atoms with Gasteiger partial charge in [-0.3, -0.25) is 18.9 Å². The lowest BCUT2D eigenvalue weighted by atomic mass is 9.99. The molecule has 0 bridgehead atoms. The Bertz CT molecular complexity index is 1010. The third-order valence-electron chi connectivity index (χ3n) is 3.79. The predicted molar refractivity (Wildman–Crippen MR) is 95.3 cm³/mol. The molecule has 1 fully saturated rings. The second-order valence-corrected chi connectivity index (χ2v) is 11.1. The summed E-state index contributed by atoms with van der Waals surface area (Å²) in [6.07, 6.45) is -2.99. The first kappa shape index (κ1) is 25.3. The number of hydrogen-bond donors (Lipinski definition) is 6. The second-order valence-electron chi connectivity index (χ2n) is 6.11. The molecule has 2 heterocycles. The zero-order valence-corrected chi connectivity index (χ0v) is 17.8. The van der Waals surface area contributed by atoms with Gasteiger partial charge in [-0.05, 0) is 0 Å². The summed E-state index contributed by atoms with van der Waals surface area (Å²) in [6, 6.07) is 0.989. The van der Waals surface area contributed by atoms with Gasteiger partial charge in [0.05, 0.1) is 19.3 Å². The van der Waals surface area contributed by atoms with Crippen LogP contribution in [0.3, 0.4) is 0 Å². The van der Waals surface area contributed by atoms with Gasteiger partial charge >= 0.3 is 28.9 Å². The standard InChI is InChI=1S/C11H19N2O14P3/c1-28(18,26-30(22,23)27-29(19,20)21)24-5-7-6(4-14)9(16)10(25-7)13-3-2-8(15)12-11(13)17/h2-3,6-7,9-10,14,16H,4-5H2,1H3,(H,22,23)(H,12,15,17)(H2,19,20,21)/t6-,7-,9-,10-,28?/m1/s1. The molecule has 2 unspecified atom stereocenters. The quantitative estimate of drug-likeness (QED) is 0.213. The number of aliphatic hydroxyl groups is 2. The summed E-state index contributed by atoms with van der Waals surface area (Å²) in [5.74, 6) is -1.07. The van der Waals surface area contributed by atoms with Crippen LogP contribution in [0.5, 0.6) is 0 Å². The van der Waals surface area contributed by atoms with Gasteiger partial charge in [0.15, 0.2) is 6.23 Å². The van der Waals surface area contributed by atoms with E-state index in [1.54, 1.807) is 0 Å². The fraction of sp³-hybridized carbons (Fsp3) is 0.636. The molecule has 0 aromatic carbocycles. The molecule has 0 aliphatic carbocycles. The van der Waals surface area contributed by atoms with E-state index in [9.17, 15) is 38.4 Å². The second kappa shape index (κ2) is 9.25. The minimum atomic E-state index is -5.47. The molecule has 1 aliphatic rings. The molecule has 0 amide bonds. The number of rotatable bonds is 9. The Hall–Kier alpha value is -0.990. The van der Waals surface area contributed by atoms with Crippen molar-refractivity contribution in [3.05, 3.63) is 33.1 Å². The van der Waals surface area contributed by atoms with Gasteiger partial charge < -0.3 is 34.2 Å². The highest BCUT2D eigenvalue weighted by atomic mass is 31.3. The molecule has 30 heavy (non-hydrogen) atoms. The van der Waals surface area contributed by atoms with E-state index in [0.29, 0.717) is 6.66 Å². The summed E-state index contributed by atoms with van der Waals surface area (Å²) in [5.41, 5.74) is -1.61. The molecule has 2 rings (SSSR count). The van der Waals surface area contributed by atoms with Gasteiger partial charge in [-0.15, -0.1) is 0 Å². The molecule has 6 atom stereocenters. The number of aromatic nitrogens is 2. The number of nitrogens with one attached hydrogen (secondary N) is 1. The average Bonchev–Trinajstić information content (AvgIpc) is 2.85. The molecule has 1 aliphatic heterocycles. The smallest absolute Gasteiger partial charge is 0.396 e. The van der Waals surface area contributed by atoms with Gasteiger partial charge in [0.1, 0.15) is 6.10 Å². The summed E-state index contributed by atoms with van der Waals surface area (Å²) in [7, 11) is -15.4. The summed E-state index contributed by atoms with van der Waals surface area (Å²) in [5, 5.41) is 19.8. The molecular formula is C11H19N2O14P3. The molecule has 0 spiro atoms. The highest BCUT2D eigenvalue weighted by Gasteiger charge is 2.46. The van der Waals surface area contributed by atoms with Gasteiger partial charge in [0, 0.05) is 24.8 Å². The Kier molecular flexibility index (Phi) is 7.79. The largest absolute Gasteiger partial charge is 0.488 e. The maximum Gasteiger partial charge on any atom is 0.488 e. The number of phosphoric acid groups is 2. The van der Waals surface area contributed by atoms with Crippen LogP contribution in [-0.4, -0.2) is 66.5 Å². The number of ether oxygens (including phenoxy) is 1. The van der Waals surface area contributed by atoms with E-state index in [-0.39, 0.29) is 0 Å². The minimum absolute atomic E-state index is 0.668. The fourth-order valence-corrected chi connectivity index (χ4v) is 6.18. The fourth-order valence-electron chi connectivity index (χ4n) is 2.61. The van der Waals surface area contributed by atoms with Crippen molar-refractivity contribution >= 4 is 23.2 Å². The summed E-state index contributed by atoms with van der Waals surface area (Å²) in [6.45, 7) is -0.665. The van der Waals surface area contributed by atoms with Crippen molar-refractivity contribution in [1.82, 2.24) is 9.55 Å². The molecule has 19 heteroatoms. The number of aromatic amines is 1. The predicted octanol–water partition coefficient (Wildman–Crippen LogP) is -1.53. The molecule has 1 aromatic heterocycles. The topological polar surface area (TPSA) is 244 Å². The molecule has 16 nitrogen and oxygen atoms in total. The molecule has 1 aromatic rings. The van der Waals surface area contributed by atoms with Gasteiger partial charge in [-0.1, -0.05) is 0 Å². The number of nitrogens with zero attached hydrogens (tertiary/aromatic N) is 1. The van der Waals surface area contributed by atoms with E-state index in [4.69, 9.17) is 19.0 Å². The van der Waals surface area contributed by atoms with Crippen molar-refractivity contribution in [3.63, 3.8) is 0 Å². The van der Waals surface area contributed by atoms with Crippen LogP contribution in [0.15, 0.2) is 21.9 Å². The molecule has 172 valence electrons. The molecule has 6 N–H and O–H groups in total. The van der Waals surface area contributed by atoms with Gasteiger partial charge in [0.25, 0.3) is 5.56 Å². The maximum atomic E-state index is 12.2. The summed E-state index contributed by atoms with van der Waals surface area (Å²) >= 11 is 0. The Balaban J connectivity index is 2.11. The molecule has 0 saturated carbocycles. The number of aliphatic hydroxyl groups excluding tert-OH is 2. The van der Waals surface area contributed by atoms with Crippen LogP contribution >= 0.6 is 23.2 Å². The Labute approximate surface area is 167 Å². The van der Waals surface area contributed by atoms with E-state index in [2.05, 4.69) is 8.62 Å². The van der Waals surface area contributed by atoms with E-state index < -0.39 is 72.1 Å².